The molecule has 3 aromatic rings. The fraction of sp³-hybridized carbons (Fsp3) is 0.133. The maximum atomic E-state index is 5.70. The highest BCUT2D eigenvalue weighted by Gasteiger charge is 2.10. The molecule has 0 aliphatic rings. The van der Waals surface area contributed by atoms with Crippen LogP contribution in [-0.4, -0.2) is 21.6 Å². The van der Waals surface area contributed by atoms with Gasteiger partial charge in [0.2, 0.25) is 11.8 Å². The van der Waals surface area contributed by atoms with Gasteiger partial charge in [-0.2, -0.15) is 4.98 Å². The molecule has 106 valence electrons. The number of fused-ring (bicyclic) bond motifs is 1. The molecule has 1 aromatic carbocycles. The molecule has 0 atom stereocenters. The molecule has 0 unspecified atom stereocenters. The van der Waals surface area contributed by atoms with Gasteiger partial charge in [-0.05, 0) is 31.2 Å². The molecule has 6 nitrogen and oxygen atoms in total. The summed E-state index contributed by atoms with van der Waals surface area (Å²) in [6, 6.07) is 11.3. The molecule has 2 heterocycles. The van der Waals surface area contributed by atoms with Gasteiger partial charge in [-0.3, -0.25) is 0 Å². The summed E-state index contributed by atoms with van der Waals surface area (Å²) in [6.07, 6.45) is 0. The number of ether oxygens (including phenoxy) is 1. The van der Waals surface area contributed by atoms with Crippen LogP contribution in [0.1, 0.15) is 6.92 Å². The number of nitrogen functional groups attached to an aromatic ring is 2. The van der Waals surface area contributed by atoms with Gasteiger partial charge < -0.3 is 16.2 Å². The first-order valence-corrected chi connectivity index (χ1v) is 6.60. The highest BCUT2D eigenvalue weighted by molar-refractivity contribution is 5.83. The predicted octanol–water partition coefficient (Wildman–Crippen LogP) is 2.25. The number of pyridine rings is 1. The Labute approximate surface area is 121 Å². The van der Waals surface area contributed by atoms with E-state index in [1.54, 1.807) is 0 Å². The lowest BCUT2D eigenvalue weighted by Gasteiger charge is -2.08. The SMILES string of the molecule is CCOc1nc(N)nc2ccc(-c3ccc(N)cc3)nc12. The third-order valence-corrected chi connectivity index (χ3v) is 3.02. The monoisotopic (exact) mass is 281 g/mol. The van der Waals surface area contributed by atoms with Crippen LogP contribution in [-0.2, 0) is 0 Å². The average Bonchev–Trinajstić information content (AvgIpc) is 2.48. The molecule has 0 radical (unpaired) electrons. The number of aromatic nitrogens is 3. The van der Waals surface area contributed by atoms with Gasteiger partial charge in [-0.15, -0.1) is 0 Å². The lowest BCUT2D eigenvalue weighted by molar-refractivity contribution is 0.330. The number of hydrogen-bond acceptors (Lipinski definition) is 6. The zero-order valence-corrected chi connectivity index (χ0v) is 11.6. The largest absolute Gasteiger partial charge is 0.476 e. The summed E-state index contributed by atoms with van der Waals surface area (Å²) in [5.41, 5.74) is 15.1. The van der Waals surface area contributed by atoms with Crippen LogP contribution < -0.4 is 16.2 Å². The molecule has 21 heavy (non-hydrogen) atoms. The summed E-state index contributed by atoms with van der Waals surface area (Å²) in [5.74, 6) is 0.574. The summed E-state index contributed by atoms with van der Waals surface area (Å²) >= 11 is 0. The van der Waals surface area contributed by atoms with Crippen molar-refractivity contribution in [3.8, 4) is 17.1 Å². The van der Waals surface area contributed by atoms with Crippen molar-refractivity contribution in [1.29, 1.82) is 0 Å². The number of nitrogens with two attached hydrogens (primary N) is 2. The first-order chi connectivity index (χ1) is 10.2. The van der Waals surface area contributed by atoms with Crippen LogP contribution in [0.2, 0.25) is 0 Å². The summed E-state index contributed by atoms with van der Waals surface area (Å²) < 4.78 is 5.50. The Bertz CT molecular complexity index is 786. The fourth-order valence-corrected chi connectivity index (χ4v) is 2.06. The van der Waals surface area contributed by atoms with E-state index in [0.29, 0.717) is 29.2 Å². The normalized spacial score (nSPS) is 10.7. The van der Waals surface area contributed by atoms with Gasteiger partial charge in [0, 0.05) is 11.3 Å². The Kier molecular flexibility index (Phi) is 3.27. The van der Waals surface area contributed by atoms with E-state index < -0.39 is 0 Å². The van der Waals surface area contributed by atoms with Gasteiger partial charge in [0.25, 0.3) is 0 Å². The minimum Gasteiger partial charge on any atom is -0.476 e. The molecule has 0 aliphatic heterocycles. The molecule has 3 rings (SSSR count). The quantitative estimate of drug-likeness (QED) is 0.714. The van der Waals surface area contributed by atoms with Gasteiger partial charge in [-0.25, -0.2) is 9.97 Å². The van der Waals surface area contributed by atoms with Crippen molar-refractivity contribution >= 4 is 22.7 Å². The van der Waals surface area contributed by atoms with Crippen molar-refractivity contribution in [3.63, 3.8) is 0 Å². The Morgan fingerprint density at radius 2 is 1.71 bits per heavy atom. The molecule has 0 aliphatic carbocycles. The molecule has 0 spiro atoms. The van der Waals surface area contributed by atoms with E-state index in [0.717, 1.165) is 11.3 Å². The van der Waals surface area contributed by atoms with E-state index in [1.165, 1.54) is 0 Å². The Morgan fingerprint density at radius 3 is 2.43 bits per heavy atom. The number of hydrogen-bond donors (Lipinski definition) is 2. The zero-order chi connectivity index (χ0) is 14.8. The molecular formula is C15H15N5O. The Hall–Kier alpha value is -2.89. The van der Waals surface area contributed by atoms with Crippen LogP contribution in [0.25, 0.3) is 22.3 Å². The van der Waals surface area contributed by atoms with Gasteiger partial charge in [0.15, 0.2) is 5.52 Å². The topological polar surface area (TPSA) is 99.9 Å². The number of nitrogens with zero attached hydrogens (tertiary/aromatic N) is 3. The lowest BCUT2D eigenvalue weighted by Crippen LogP contribution is -2.02. The number of rotatable bonds is 3. The van der Waals surface area contributed by atoms with Gasteiger partial charge in [0.1, 0.15) is 0 Å². The molecule has 0 saturated carbocycles. The van der Waals surface area contributed by atoms with Crippen molar-refractivity contribution < 1.29 is 4.74 Å². The van der Waals surface area contributed by atoms with E-state index in [1.807, 2.05) is 43.3 Å². The molecule has 2 aromatic heterocycles. The first kappa shape index (κ1) is 13.1. The van der Waals surface area contributed by atoms with Crippen LogP contribution >= 0.6 is 0 Å². The second kappa shape index (κ2) is 5.24. The smallest absolute Gasteiger partial charge is 0.245 e. The molecule has 0 fully saturated rings. The molecule has 6 heteroatoms. The van der Waals surface area contributed by atoms with Gasteiger partial charge in [-0.1, -0.05) is 12.1 Å². The highest BCUT2D eigenvalue weighted by atomic mass is 16.5. The minimum absolute atomic E-state index is 0.174. The maximum absolute atomic E-state index is 5.70. The summed E-state index contributed by atoms with van der Waals surface area (Å²) in [5, 5.41) is 0. The van der Waals surface area contributed by atoms with E-state index >= 15 is 0 Å². The zero-order valence-electron chi connectivity index (χ0n) is 11.6. The Balaban J connectivity index is 2.16. The standard InChI is InChI=1S/C15H15N5O/c1-2-21-14-13-12(19-15(17)20-14)8-7-11(18-13)9-3-5-10(16)6-4-9/h3-8H,2,16H2,1H3,(H2,17,19,20). The van der Waals surface area contributed by atoms with E-state index in [4.69, 9.17) is 16.2 Å². The van der Waals surface area contributed by atoms with Crippen molar-refractivity contribution in [2.24, 2.45) is 0 Å². The van der Waals surface area contributed by atoms with Crippen molar-refractivity contribution in [2.75, 3.05) is 18.1 Å². The molecule has 0 saturated heterocycles. The lowest BCUT2D eigenvalue weighted by atomic mass is 10.1. The molecular weight excluding hydrogens is 266 g/mol. The van der Waals surface area contributed by atoms with Gasteiger partial charge >= 0.3 is 0 Å². The van der Waals surface area contributed by atoms with Crippen LogP contribution in [0.4, 0.5) is 11.6 Å². The van der Waals surface area contributed by atoms with Crippen molar-refractivity contribution in [3.05, 3.63) is 36.4 Å². The van der Waals surface area contributed by atoms with E-state index in [9.17, 15) is 0 Å². The first-order valence-electron chi connectivity index (χ1n) is 6.60. The van der Waals surface area contributed by atoms with Crippen LogP contribution in [0, 0.1) is 0 Å². The molecule has 0 amide bonds. The number of anilines is 2. The number of benzene rings is 1. The highest BCUT2D eigenvalue weighted by Crippen LogP contribution is 2.26. The summed E-state index contributed by atoms with van der Waals surface area (Å²) in [6.45, 7) is 2.37. The third kappa shape index (κ3) is 2.55. The Morgan fingerprint density at radius 1 is 0.952 bits per heavy atom. The maximum Gasteiger partial charge on any atom is 0.245 e. The second-order valence-corrected chi connectivity index (χ2v) is 4.51. The minimum atomic E-state index is 0.174. The van der Waals surface area contributed by atoms with Crippen molar-refractivity contribution in [2.45, 2.75) is 6.92 Å². The fourth-order valence-electron chi connectivity index (χ4n) is 2.06. The van der Waals surface area contributed by atoms with Crippen LogP contribution in [0.3, 0.4) is 0 Å². The molecule has 4 N–H and O–H groups in total. The van der Waals surface area contributed by atoms with E-state index in [-0.39, 0.29) is 5.95 Å². The average molecular weight is 281 g/mol. The summed E-state index contributed by atoms with van der Waals surface area (Å²) in [4.78, 5) is 12.9. The third-order valence-electron chi connectivity index (χ3n) is 3.02. The predicted molar refractivity (Wildman–Crippen MR) is 82.8 cm³/mol. The van der Waals surface area contributed by atoms with Crippen LogP contribution in [0.15, 0.2) is 36.4 Å². The van der Waals surface area contributed by atoms with Crippen molar-refractivity contribution in [1.82, 2.24) is 15.0 Å². The van der Waals surface area contributed by atoms with Crippen LogP contribution in [0.5, 0.6) is 5.88 Å². The molecule has 0 bridgehead atoms. The van der Waals surface area contributed by atoms with E-state index in [2.05, 4.69) is 15.0 Å². The second-order valence-electron chi connectivity index (χ2n) is 4.51. The summed E-state index contributed by atoms with van der Waals surface area (Å²) in [7, 11) is 0. The van der Waals surface area contributed by atoms with Gasteiger partial charge in [0.05, 0.1) is 17.8 Å².